The van der Waals surface area contributed by atoms with Crippen LogP contribution in [0.25, 0.3) is 5.57 Å². The molecule has 0 unspecified atom stereocenters. The highest BCUT2D eigenvalue weighted by Crippen LogP contribution is 2.19. The van der Waals surface area contributed by atoms with Crippen LogP contribution in [0.2, 0.25) is 0 Å². The number of rotatable bonds is 5. The molecule has 2 aromatic heterocycles. The average molecular weight is 312 g/mol. The highest BCUT2D eigenvalue weighted by atomic mass is 16.5. The zero-order valence-corrected chi connectivity index (χ0v) is 12.7. The van der Waals surface area contributed by atoms with Gasteiger partial charge in [-0.25, -0.2) is 9.97 Å². The van der Waals surface area contributed by atoms with E-state index >= 15 is 0 Å². The molecule has 0 aliphatic rings. The molecule has 23 heavy (non-hydrogen) atoms. The highest BCUT2D eigenvalue weighted by Gasteiger charge is 2.14. The number of ketones is 1. The molecule has 0 radical (unpaired) electrons. The lowest BCUT2D eigenvalue weighted by molar-refractivity contribution is -0.111. The van der Waals surface area contributed by atoms with Crippen LogP contribution in [0.4, 0.5) is 5.82 Å². The van der Waals surface area contributed by atoms with E-state index in [1.54, 1.807) is 24.3 Å². The average Bonchev–Trinajstić information content (AvgIpc) is 2.56. The number of carbonyl (C=O) groups excluding carboxylic acids is 2. The SMILES string of the molecule is COc1cc(C(=CN)C(=O)Nc2ccc(C(C)=O)cn2)ccn1. The second-order valence-corrected chi connectivity index (χ2v) is 4.61. The van der Waals surface area contributed by atoms with Crippen LogP contribution in [0.1, 0.15) is 22.8 Å². The van der Waals surface area contributed by atoms with E-state index < -0.39 is 5.91 Å². The van der Waals surface area contributed by atoms with Crippen LogP contribution in [0.15, 0.2) is 42.9 Å². The fourth-order valence-electron chi connectivity index (χ4n) is 1.85. The van der Waals surface area contributed by atoms with Gasteiger partial charge >= 0.3 is 0 Å². The Bertz CT molecular complexity index is 754. The fourth-order valence-corrected chi connectivity index (χ4v) is 1.85. The van der Waals surface area contributed by atoms with Gasteiger partial charge in [-0.15, -0.1) is 0 Å². The van der Waals surface area contributed by atoms with E-state index in [-0.39, 0.29) is 11.4 Å². The summed E-state index contributed by atoms with van der Waals surface area (Å²) in [5.41, 5.74) is 6.85. The van der Waals surface area contributed by atoms with Crippen molar-refractivity contribution >= 4 is 23.1 Å². The minimum Gasteiger partial charge on any atom is -0.481 e. The van der Waals surface area contributed by atoms with E-state index in [0.29, 0.717) is 22.8 Å². The topological polar surface area (TPSA) is 107 Å². The summed E-state index contributed by atoms with van der Waals surface area (Å²) in [6.07, 6.45) is 4.12. The van der Waals surface area contributed by atoms with Crippen molar-refractivity contribution in [3.8, 4) is 5.88 Å². The van der Waals surface area contributed by atoms with Gasteiger partial charge < -0.3 is 15.8 Å². The summed E-state index contributed by atoms with van der Waals surface area (Å²) < 4.78 is 5.03. The monoisotopic (exact) mass is 312 g/mol. The molecule has 2 rings (SSSR count). The van der Waals surface area contributed by atoms with Crippen LogP contribution in [0, 0.1) is 0 Å². The predicted octanol–water partition coefficient (Wildman–Crippen LogP) is 1.63. The second kappa shape index (κ2) is 7.17. The Hall–Kier alpha value is -3.22. The molecule has 3 N–H and O–H groups in total. The quantitative estimate of drug-likeness (QED) is 0.642. The fraction of sp³-hybridized carbons (Fsp3) is 0.125. The second-order valence-electron chi connectivity index (χ2n) is 4.61. The number of hydrogen-bond acceptors (Lipinski definition) is 6. The van der Waals surface area contributed by atoms with E-state index in [1.807, 2.05) is 0 Å². The molecule has 2 heterocycles. The van der Waals surface area contributed by atoms with Gasteiger partial charge in [0.25, 0.3) is 5.91 Å². The third kappa shape index (κ3) is 3.91. The maximum absolute atomic E-state index is 12.3. The van der Waals surface area contributed by atoms with Crippen LogP contribution >= 0.6 is 0 Å². The third-order valence-electron chi connectivity index (χ3n) is 3.08. The van der Waals surface area contributed by atoms with E-state index in [1.165, 1.54) is 32.6 Å². The smallest absolute Gasteiger partial charge is 0.258 e. The van der Waals surface area contributed by atoms with Gasteiger partial charge in [-0.3, -0.25) is 9.59 Å². The Balaban J connectivity index is 2.18. The first kappa shape index (κ1) is 16.2. The largest absolute Gasteiger partial charge is 0.481 e. The molecule has 7 heteroatoms. The molecule has 0 atom stereocenters. The number of hydrogen-bond donors (Lipinski definition) is 2. The Morgan fingerprint density at radius 2 is 2.00 bits per heavy atom. The van der Waals surface area contributed by atoms with Crippen molar-refractivity contribution in [2.24, 2.45) is 5.73 Å². The molecule has 0 spiro atoms. The maximum Gasteiger partial charge on any atom is 0.258 e. The molecule has 118 valence electrons. The Labute approximate surface area is 133 Å². The molecule has 2 aromatic rings. The number of Topliss-reactive ketones (excluding diaryl/α,β-unsaturated/α-hetero) is 1. The van der Waals surface area contributed by atoms with Crippen molar-refractivity contribution in [1.82, 2.24) is 9.97 Å². The van der Waals surface area contributed by atoms with Gasteiger partial charge in [0.1, 0.15) is 5.82 Å². The van der Waals surface area contributed by atoms with Crippen molar-refractivity contribution in [3.05, 3.63) is 54.0 Å². The molecular weight excluding hydrogens is 296 g/mol. The molecule has 0 aliphatic carbocycles. The summed E-state index contributed by atoms with van der Waals surface area (Å²) in [4.78, 5) is 31.5. The van der Waals surface area contributed by atoms with Crippen LogP contribution in [0.3, 0.4) is 0 Å². The zero-order chi connectivity index (χ0) is 16.8. The standard InChI is InChI=1S/C16H16N4O3/c1-10(21)12-3-4-14(19-9-12)20-16(22)13(8-17)11-5-6-18-15(7-11)23-2/h3-9H,17H2,1-2H3,(H,19,20,22). The summed E-state index contributed by atoms with van der Waals surface area (Å²) in [5, 5.41) is 2.62. The number of pyridine rings is 2. The number of carbonyl (C=O) groups is 2. The van der Waals surface area contributed by atoms with Gasteiger partial charge in [0.05, 0.1) is 12.7 Å². The lowest BCUT2D eigenvalue weighted by Crippen LogP contribution is -2.16. The molecule has 0 fully saturated rings. The lowest BCUT2D eigenvalue weighted by atomic mass is 10.1. The highest BCUT2D eigenvalue weighted by molar-refractivity contribution is 6.25. The molecular formula is C16H16N4O3. The number of nitrogens with two attached hydrogens (primary N) is 1. The number of nitrogens with zero attached hydrogens (tertiary/aromatic N) is 2. The molecule has 1 amide bonds. The van der Waals surface area contributed by atoms with Crippen molar-refractivity contribution < 1.29 is 14.3 Å². The molecule has 7 nitrogen and oxygen atoms in total. The predicted molar refractivity (Wildman–Crippen MR) is 85.8 cm³/mol. The van der Waals surface area contributed by atoms with E-state index in [9.17, 15) is 9.59 Å². The van der Waals surface area contributed by atoms with Gasteiger partial charge in [-0.2, -0.15) is 0 Å². The minimum absolute atomic E-state index is 0.0956. The van der Waals surface area contributed by atoms with Gasteiger partial charge in [-0.1, -0.05) is 0 Å². The first-order valence-corrected chi connectivity index (χ1v) is 6.75. The van der Waals surface area contributed by atoms with Crippen molar-refractivity contribution in [1.29, 1.82) is 0 Å². The van der Waals surface area contributed by atoms with Crippen LogP contribution < -0.4 is 15.8 Å². The Kier molecular flexibility index (Phi) is 5.03. The number of aromatic nitrogens is 2. The number of methoxy groups -OCH3 is 1. The van der Waals surface area contributed by atoms with Gasteiger partial charge in [-0.05, 0) is 30.7 Å². The number of ether oxygens (including phenoxy) is 1. The van der Waals surface area contributed by atoms with Gasteiger partial charge in [0.2, 0.25) is 5.88 Å². The van der Waals surface area contributed by atoms with Gasteiger partial charge in [0.15, 0.2) is 5.78 Å². The molecule has 0 saturated carbocycles. The first-order chi connectivity index (χ1) is 11.0. The van der Waals surface area contributed by atoms with Crippen LogP contribution in [-0.2, 0) is 4.79 Å². The number of anilines is 1. The molecule has 0 saturated heterocycles. The van der Waals surface area contributed by atoms with E-state index in [2.05, 4.69) is 15.3 Å². The van der Waals surface area contributed by atoms with Crippen molar-refractivity contribution in [2.75, 3.05) is 12.4 Å². The minimum atomic E-state index is -0.427. The molecule has 0 bridgehead atoms. The number of amides is 1. The first-order valence-electron chi connectivity index (χ1n) is 6.75. The zero-order valence-electron chi connectivity index (χ0n) is 12.7. The molecule has 0 aromatic carbocycles. The van der Waals surface area contributed by atoms with E-state index in [0.717, 1.165) is 0 Å². The number of nitrogens with one attached hydrogen (secondary N) is 1. The van der Waals surface area contributed by atoms with Gasteiger partial charge in [0, 0.05) is 30.2 Å². The summed E-state index contributed by atoms with van der Waals surface area (Å²) >= 11 is 0. The van der Waals surface area contributed by atoms with Crippen LogP contribution in [0.5, 0.6) is 5.88 Å². The summed E-state index contributed by atoms with van der Waals surface area (Å²) in [6.45, 7) is 1.45. The van der Waals surface area contributed by atoms with E-state index in [4.69, 9.17) is 10.5 Å². The molecule has 0 aliphatic heterocycles. The van der Waals surface area contributed by atoms with Crippen molar-refractivity contribution in [3.63, 3.8) is 0 Å². The van der Waals surface area contributed by atoms with Crippen molar-refractivity contribution in [2.45, 2.75) is 6.92 Å². The maximum atomic E-state index is 12.3. The van der Waals surface area contributed by atoms with Crippen LogP contribution in [-0.4, -0.2) is 28.8 Å². The normalized spacial score (nSPS) is 11.0. The summed E-state index contributed by atoms with van der Waals surface area (Å²) in [5.74, 6) is 0.171. The lowest BCUT2D eigenvalue weighted by Gasteiger charge is -2.09. The third-order valence-corrected chi connectivity index (χ3v) is 3.08. The summed E-state index contributed by atoms with van der Waals surface area (Å²) in [6, 6.07) is 6.39. The summed E-state index contributed by atoms with van der Waals surface area (Å²) in [7, 11) is 1.48. The Morgan fingerprint density at radius 1 is 1.22 bits per heavy atom. The Morgan fingerprint density at radius 3 is 2.57 bits per heavy atom.